The van der Waals surface area contributed by atoms with Crippen molar-refractivity contribution >= 4 is 43.2 Å². The molecule has 0 unspecified atom stereocenters. The molecule has 0 N–H and O–H groups in total. The highest BCUT2D eigenvalue weighted by Gasteiger charge is 2.29. The van der Waals surface area contributed by atoms with Crippen molar-refractivity contribution in [2.24, 2.45) is 0 Å². The summed E-state index contributed by atoms with van der Waals surface area (Å²) in [6, 6.07) is 1.86. The Balaban J connectivity index is 1.95. The molecule has 1 saturated heterocycles. The number of thiophene rings is 1. The van der Waals surface area contributed by atoms with Gasteiger partial charge in [0.25, 0.3) is 0 Å². The molecule has 1 fully saturated rings. The summed E-state index contributed by atoms with van der Waals surface area (Å²) in [7, 11) is -3.12. The van der Waals surface area contributed by atoms with Gasteiger partial charge in [-0.25, -0.2) is 18.4 Å². The zero-order valence-corrected chi connectivity index (χ0v) is 11.7. The second-order valence-corrected chi connectivity index (χ2v) is 7.41. The topological polar surface area (TPSA) is 63.2 Å². The van der Waals surface area contributed by atoms with E-state index in [9.17, 15) is 8.42 Å². The van der Waals surface area contributed by atoms with Gasteiger partial charge in [0.1, 0.15) is 15.8 Å². The predicted octanol–water partition coefficient (Wildman–Crippen LogP) is 1.88. The second kappa shape index (κ2) is 4.41. The van der Waals surface area contributed by atoms with Crippen LogP contribution in [0.1, 0.15) is 12.2 Å². The number of hydrogen-bond acceptors (Lipinski definition) is 5. The van der Waals surface area contributed by atoms with Crippen molar-refractivity contribution in [2.75, 3.05) is 12.3 Å². The molecule has 0 aromatic carbocycles. The first-order valence-corrected chi connectivity index (χ1v) is 8.30. The first kappa shape index (κ1) is 12.3. The van der Waals surface area contributed by atoms with Crippen LogP contribution in [-0.4, -0.2) is 35.0 Å². The van der Waals surface area contributed by atoms with Gasteiger partial charge in [0.15, 0.2) is 0 Å². The summed E-state index contributed by atoms with van der Waals surface area (Å²) in [6.45, 7) is 0.738. The maximum atomic E-state index is 11.7. The molecule has 2 aromatic heterocycles. The summed E-state index contributed by atoms with van der Waals surface area (Å²) in [4.78, 5) is 9.29. The molecule has 1 aliphatic heterocycles. The van der Waals surface area contributed by atoms with Crippen LogP contribution in [0.2, 0.25) is 5.15 Å². The molecule has 0 bridgehead atoms. The third-order valence-corrected chi connectivity index (χ3v) is 5.84. The molecule has 0 aliphatic carbocycles. The third kappa shape index (κ3) is 2.11. The first-order chi connectivity index (χ1) is 8.56. The van der Waals surface area contributed by atoms with E-state index in [1.807, 2.05) is 11.4 Å². The van der Waals surface area contributed by atoms with E-state index in [1.54, 1.807) is 0 Å². The first-order valence-electron chi connectivity index (χ1n) is 5.44. The Morgan fingerprint density at radius 2 is 2.28 bits per heavy atom. The van der Waals surface area contributed by atoms with Gasteiger partial charge in [0.05, 0.1) is 12.3 Å². The largest absolute Gasteiger partial charge is 0.220 e. The maximum Gasteiger partial charge on any atom is 0.214 e. The Hall–Kier alpha value is -0.760. The van der Waals surface area contributed by atoms with Gasteiger partial charge in [-0.3, -0.25) is 0 Å². The van der Waals surface area contributed by atoms with Crippen molar-refractivity contribution < 1.29 is 8.42 Å². The van der Waals surface area contributed by atoms with Crippen LogP contribution in [0.3, 0.4) is 0 Å². The van der Waals surface area contributed by atoms with Crippen LogP contribution in [0.4, 0.5) is 0 Å². The number of nitrogens with zero attached hydrogens (tertiary/aromatic N) is 3. The highest BCUT2D eigenvalue weighted by molar-refractivity contribution is 7.89. The van der Waals surface area contributed by atoms with Crippen LogP contribution >= 0.6 is 22.9 Å². The highest BCUT2D eigenvalue weighted by Crippen LogP contribution is 2.25. The summed E-state index contributed by atoms with van der Waals surface area (Å²) in [5.74, 6) is 0.669. The lowest BCUT2D eigenvalue weighted by Gasteiger charge is -2.12. The minimum atomic E-state index is -3.12. The van der Waals surface area contributed by atoms with Gasteiger partial charge in [-0.15, -0.1) is 11.3 Å². The van der Waals surface area contributed by atoms with Gasteiger partial charge >= 0.3 is 0 Å². The molecule has 3 heterocycles. The van der Waals surface area contributed by atoms with E-state index in [0.29, 0.717) is 23.9 Å². The Kier molecular flexibility index (Phi) is 3.01. The minimum absolute atomic E-state index is 0.204. The number of hydrogen-bond donors (Lipinski definition) is 0. The van der Waals surface area contributed by atoms with Crippen LogP contribution in [-0.2, 0) is 16.6 Å². The maximum absolute atomic E-state index is 11.7. The van der Waals surface area contributed by atoms with Gasteiger partial charge in [0.2, 0.25) is 10.0 Å². The lowest BCUT2D eigenvalue weighted by Crippen LogP contribution is -2.26. The lowest BCUT2D eigenvalue weighted by molar-refractivity contribution is 0.430. The molecule has 5 nitrogen and oxygen atoms in total. The number of aromatic nitrogens is 2. The molecular formula is C10H10ClN3O2S2. The Morgan fingerprint density at radius 1 is 1.44 bits per heavy atom. The summed E-state index contributed by atoms with van der Waals surface area (Å²) >= 11 is 7.52. The van der Waals surface area contributed by atoms with E-state index in [0.717, 1.165) is 10.2 Å². The highest BCUT2D eigenvalue weighted by atomic mass is 35.5. The SMILES string of the molecule is O=S1(=O)CCCN1Cc1nc(Cl)c2ccsc2n1. The fourth-order valence-corrected chi connectivity index (χ4v) is 4.52. The second-order valence-electron chi connectivity index (χ2n) is 4.07. The molecule has 96 valence electrons. The fraction of sp³-hybridized carbons (Fsp3) is 0.400. The molecule has 0 radical (unpaired) electrons. The van der Waals surface area contributed by atoms with E-state index < -0.39 is 10.0 Å². The van der Waals surface area contributed by atoms with E-state index >= 15 is 0 Å². The normalized spacial score (nSPS) is 19.6. The standard InChI is InChI=1S/C10H10ClN3O2S2/c11-9-7-2-4-17-10(7)13-8(12-9)6-14-3-1-5-18(14,15)16/h2,4H,1,3,5-6H2. The third-order valence-electron chi connectivity index (χ3n) is 2.85. The molecule has 0 atom stereocenters. The van der Waals surface area contributed by atoms with E-state index in [-0.39, 0.29) is 12.3 Å². The summed E-state index contributed by atoms with van der Waals surface area (Å²) in [5.41, 5.74) is 0. The van der Waals surface area contributed by atoms with E-state index in [4.69, 9.17) is 11.6 Å². The predicted molar refractivity (Wildman–Crippen MR) is 71.2 cm³/mol. The van der Waals surface area contributed by atoms with Crippen molar-refractivity contribution in [1.82, 2.24) is 14.3 Å². The molecule has 2 aromatic rings. The van der Waals surface area contributed by atoms with Gasteiger partial charge in [-0.05, 0) is 17.9 Å². The zero-order chi connectivity index (χ0) is 12.8. The Bertz CT molecular complexity index is 698. The van der Waals surface area contributed by atoms with Crippen LogP contribution in [0.25, 0.3) is 10.2 Å². The minimum Gasteiger partial charge on any atom is -0.220 e. The van der Waals surface area contributed by atoms with Crippen molar-refractivity contribution in [2.45, 2.75) is 13.0 Å². The van der Waals surface area contributed by atoms with Gasteiger partial charge in [0, 0.05) is 11.9 Å². The lowest BCUT2D eigenvalue weighted by atomic mass is 10.4. The smallest absolute Gasteiger partial charge is 0.214 e. The number of rotatable bonds is 2. The molecular weight excluding hydrogens is 294 g/mol. The van der Waals surface area contributed by atoms with Crippen molar-refractivity contribution in [1.29, 1.82) is 0 Å². The molecule has 3 rings (SSSR count). The van der Waals surface area contributed by atoms with Crippen LogP contribution in [0.15, 0.2) is 11.4 Å². The molecule has 1 aliphatic rings. The average Bonchev–Trinajstić information content (AvgIpc) is 2.87. The van der Waals surface area contributed by atoms with Crippen molar-refractivity contribution in [3.8, 4) is 0 Å². The molecule has 0 spiro atoms. The molecule has 18 heavy (non-hydrogen) atoms. The summed E-state index contributed by atoms with van der Waals surface area (Å²) < 4.78 is 24.8. The van der Waals surface area contributed by atoms with Gasteiger partial charge in [-0.2, -0.15) is 4.31 Å². The van der Waals surface area contributed by atoms with Crippen molar-refractivity contribution in [3.05, 3.63) is 22.4 Å². The monoisotopic (exact) mass is 303 g/mol. The van der Waals surface area contributed by atoms with Crippen LogP contribution in [0.5, 0.6) is 0 Å². The number of sulfonamides is 1. The van der Waals surface area contributed by atoms with Gasteiger partial charge < -0.3 is 0 Å². The zero-order valence-electron chi connectivity index (χ0n) is 9.34. The Labute approximate surface area is 113 Å². The molecule has 8 heteroatoms. The number of fused-ring (bicyclic) bond motifs is 1. The van der Waals surface area contributed by atoms with Crippen molar-refractivity contribution in [3.63, 3.8) is 0 Å². The Morgan fingerprint density at radius 3 is 3.00 bits per heavy atom. The summed E-state index contributed by atoms with van der Waals surface area (Å²) in [5, 5.41) is 3.09. The van der Waals surface area contributed by atoms with Gasteiger partial charge in [-0.1, -0.05) is 11.6 Å². The average molecular weight is 304 g/mol. The van der Waals surface area contributed by atoms with Crippen LogP contribution in [0, 0.1) is 0 Å². The van der Waals surface area contributed by atoms with E-state index in [2.05, 4.69) is 9.97 Å². The fourth-order valence-electron chi connectivity index (χ4n) is 1.96. The molecule has 0 amide bonds. The molecule has 0 saturated carbocycles. The van der Waals surface area contributed by atoms with E-state index in [1.165, 1.54) is 15.6 Å². The van der Waals surface area contributed by atoms with Crippen LogP contribution < -0.4 is 0 Å². The summed E-state index contributed by atoms with van der Waals surface area (Å²) in [6.07, 6.45) is 0.664. The number of halogens is 1. The quantitative estimate of drug-likeness (QED) is 0.795.